The number of amides is 1. The molecular formula is C15H20N2O2. The van der Waals surface area contributed by atoms with Crippen LogP contribution in [0.2, 0.25) is 0 Å². The predicted molar refractivity (Wildman–Crippen MR) is 72.2 cm³/mol. The molecule has 1 saturated carbocycles. The standard InChI is InChI=1S/C15H20N2O2/c1-9-5-10(2)7-11(6-9)13-12(14(19)17-16-13)15(8-18)3-4-15/h5-7,12-13,16,18H,3-4,8H2,1-2H3,(H,17,19). The van der Waals surface area contributed by atoms with Gasteiger partial charge in [-0.3, -0.25) is 10.2 Å². The number of hydrogen-bond acceptors (Lipinski definition) is 3. The molecule has 2 fully saturated rings. The number of nitrogens with one attached hydrogen (secondary N) is 2. The molecule has 2 atom stereocenters. The third-order valence-electron chi connectivity index (χ3n) is 4.44. The lowest BCUT2D eigenvalue weighted by molar-refractivity contribution is -0.125. The monoisotopic (exact) mass is 260 g/mol. The van der Waals surface area contributed by atoms with Crippen molar-refractivity contribution < 1.29 is 9.90 Å². The first-order chi connectivity index (χ1) is 9.05. The van der Waals surface area contributed by atoms with E-state index in [9.17, 15) is 9.90 Å². The Bertz CT molecular complexity index is 503. The molecule has 0 spiro atoms. The summed E-state index contributed by atoms with van der Waals surface area (Å²) in [5.74, 6) is -0.158. The van der Waals surface area contributed by atoms with E-state index >= 15 is 0 Å². The highest BCUT2D eigenvalue weighted by atomic mass is 16.3. The molecule has 1 saturated heterocycles. The summed E-state index contributed by atoms with van der Waals surface area (Å²) in [5.41, 5.74) is 9.14. The minimum atomic E-state index is -0.212. The van der Waals surface area contributed by atoms with Crippen LogP contribution >= 0.6 is 0 Å². The van der Waals surface area contributed by atoms with Gasteiger partial charge in [0.15, 0.2) is 0 Å². The Hall–Kier alpha value is -1.39. The molecule has 1 amide bonds. The molecule has 4 heteroatoms. The first-order valence-corrected chi connectivity index (χ1v) is 6.80. The fraction of sp³-hybridized carbons (Fsp3) is 0.533. The van der Waals surface area contributed by atoms with Crippen molar-refractivity contribution in [3.05, 3.63) is 34.9 Å². The van der Waals surface area contributed by atoms with Crippen LogP contribution in [0.1, 0.15) is 35.6 Å². The van der Waals surface area contributed by atoms with Crippen LogP contribution in [0, 0.1) is 25.2 Å². The van der Waals surface area contributed by atoms with Crippen molar-refractivity contribution in [2.75, 3.05) is 6.61 Å². The molecule has 1 aromatic carbocycles. The van der Waals surface area contributed by atoms with Gasteiger partial charge in [0.2, 0.25) is 5.91 Å². The zero-order valence-electron chi connectivity index (χ0n) is 11.4. The zero-order valence-corrected chi connectivity index (χ0v) is 11.4. The molecule has 4 nitrogen and oxygen atoms in total. The number of rotatable bonds is 3. The largest absolute Gasteiger partial charge is 0.396 e. The second kappa shape index (κ2) is 4.32. The quantitative estimate of drug-likeness (QED) is 0.769. The SMILES string of the molecule is Cc1cc(C)cc(C2NNC(=O)C2C2(CO)CC2)c1. The van der Waals surface area contributed by atoms with E-state index in [1.165, 1.54) is 11.1 Å². The van der Waals surface area contributed by atoms with Crippen LogP contribution in [-0.4, -0.2) is 17.6 Å². The number of hydrogen-bond donors (Lipinski definition) is 3. The van der Waals surface area contributed by atoms with Gasteiger partial charge in [0.1, 0.15) is 0 Å². The van der Waals surface area contributed by atoms with E-state index in [1.807, 2.05) is 0 Å². The minimum absolute atomic E-state index is 0.00992. The number of aliphatic hydroxyl groups excluding tert-OH is 1. The average Bonchev–Trinajstić information content (AvgIpc) is 3.05. The maximum atomic E-state index is 12.1. The van der Waals surface area contributed by atoms with E-state index in [0.717, 1.165) is 18.4 Å². The topological polar surface area (TPSA) is 61.4 Å². The third kappa shape index (κ3) is 2.05. The molecule has 2 aliphatic rings. The average molecular weight is 260 g/mol. The molecule has 1 aromatic rings. The summed E-state index contributed by atoms with van der Waals surface area (Å²) in [6, 6.07) is 6.32. The van der Waals surface area contributed by atoms with Crippen LogP contribution in [0.25, 0.3) is 0 Å². The normalized spacial score (nSPS) is 28.3. The Labute approximate surface area is 113 Å². The van der Waals surface area contributed by atoms with E-state index < -0.39 is 0 Å². The van der Waals surface area contributed by atoms with Crippen molar-refractivity contribution in [2.45, 2.75) is 32.7 Å². The van der Waals surface area contributed by atoms with Crippen molar-refractivity contribution in [3.63, 3.8) is 0 Å². The first kappa shape index (κ1) is 12.6. The van der Waals surface area contributed by atoms with Gasteiger partial charge in [-0.05, 0) is 32.3 Å². The van der Waals surface area contributed by atoms with Crippen LogP contribution in [-0.2, 0) is 4.79 Å². The first-order valence-electron chi connectivity index (χ1n) is 6.80. The van der Waals surface area contributed by atoms with Crippen molar-refractivity contribution >= 4 is 5.91 Å². The van der Waals surface area contributed by atoms with Gasteiger partial charge in [0.05, 0.1) is 12.0 Å². The fourth-order valence-electron chi connectivity index (χ4n) is 3.29. The summed E-state index contributed by atoms with van der Waals surface area (Å²) in [4.78, 5) is 12.1. The highest BCUT2D eigenvalue weighted by Crippen LogP contribution is 2.56. The molecule has 3 rings (SSSR count). The maximum Gasteiger partial charge on any atom is 0.239 e. The summed E-state index contributed by atoms with van der Waals surface area (Å²) < 4.78 is 0. The van der Waals surface area contributed by atoms with E-state index in [0.29, 0.717) is 0 Å². The lowest BCUT2D eigenvalue weighted by Gasteiger charge is -2.24. The van der Waals surface area contributed by atoms with Crippen molar-refractivity contribution in [2.24, 2.45) is 11.3 Å². The second-order valence-electron chi connectivity index (χ2n) is 6.03. The summed E-state index contributed by atoms with van der Waals surface area (Å²) in [6.07, 6.45) is 1.87. The summed E-state index contributed by atoms with van der Waals surface area (Å²) in [7, 11) is 0. The smallest absolute Gasteiger partial charge is 0.239 e. The lowest BCUT2D eigenvalue weighted by Crippen LogP contribution is -2.30. The van der Waals surface area contributed by atoms with E-state index in [1.54, 1.807) is 0 Å². The number of benzene rings is 1. The number of aliphatic hydroxyl groups is 1. The fourth-order valence-corrected chi connectivity index (χ4v) is 3.29. The Balaban J connectivity index is 1.97. The molecule has 0 aromatic heterocycles. The van der Waals surface area contributed by atoms with E-state index in [-0.39, 0.29) is 29.9 Å². The van der Waals surface area contributed by atoms with E-state index in [4.69, 9.17) is 0 Å². The molecule has 3 N–H and O–H groups in total. The third-order valence-corrected chi connectivity index (χ3v) is 4.44. The van der Waals surface area contributed by atoms with Gasteiger partial charge >= 0.3 is 0 Å². The molecule has 19 heavy (non-hydrogen) atoms. The van der Waals surface area contributed by atoms with Gasteiger partial charge in [0.25, 0.3) is 0 Å². The molecule has 1 aliphatic heterocycles. The molecule has 102 valence electrons. The van der Waals surface area contributed by atoms with Gasteiger partial charge in [-0.25, -0.2) is 5.43 Å². The number of carbonyl (C=O) groups excluding carboxylic acids is 1. The minimum Gasteiger partial charge on any atom is -0.396 e. The Morgan fingerprint density at radius 1 is 1.26 bits per heavy atom. The van der Waals surface area contributed by atoms with Crippen LogP contribution in [0.3, 0.4) is 0 Å². The Kier molecular flexibility index (Phi) is 2.87. The molecular weight excluding hydrogens is 240 g/mol. The summed E-state index contributed by atoms with van der Waals surface area (Å²) in [5, 5.41) is 9.60. The molecule has 0 bridgehead atoms. The van der Waals surface area contributed by atoms with Crippen molar-refractivity contribution in [1.82, 2.24) is 10.9 Å². The summed E-state index contributed by atoms with van der Waals surface area (Å²) >= 11 is 0. The molecule has 2 unspecified atom stereocenters. The zero-order chi connectivity index (χ0) is 13.6. The molecule has 1 heterocycles. The van der Waals surface area contributed by atoms with Crippen LogP contribution in [0.5, 0.6) is 0 Å². The van der Waals surface area contributed by atoms with Crippen LogP contribution in [0.15, 0.2) is 18.2 Å². The Morgan fingerprint density at radius 3 is 2.42 bits per heavy atom. The molecule has 1 aliphatic carbocycles. The van der Waals surface area contributed by atoms with Crippen molar-refractivity contribution in [1.29, 1.82) is 0 Å². The van der Waals surface area contributed by atoms with Gasteiger partial charge in [-0.15, -0.1) is 0 Å². The van der Waals surface area contributed by atoms with Crippen LogP contribution in [0.4, 0.5) is 0 Å². The Morgan fingerprint density at radius 2 is 1.89 bits per heavy atom. The highest BCUT2D eigenvalue weighted by molar-refractivity contribution is 5.82. The predicted octanol–water partition coefficient (Wildman–Crippen LogP) is 1.37. The lowest BCUT2D eigenvalue weighted by atomic mass is 9.81. The van der Waals surface area contributed by atoms with Gasteiger partial charge < -0.3 is 5.11 Å². The maximum absolute atomic E-state index is 12.1. The van der Waals surface area contributed by atoms with Gasteiger partial charge in [0, 0.05) is 12.0 Å². The molecule has 0 radical (unpaired) electrons. The van der Waals surface area contributed by atoms with Gasteiger partial charge in [-0.1, -0.05) is 29.3 Å². The number of carbonyl (C=O) groups is 1. The summed E-state index contributed by atoms with van der Waals surface area (Å²) in [6.45, 7) is 4.22. The van der Waals surface area contributed by atoms with Crippen LogP contribution < -0.4 is 10.9 Å². The van der Waals surface area contributed by atoms with Crippen molar-refractivity contribution in [3.8, 4) is 0 Å². The van der Waals surface area contributed by atoms with Gasteiger partial charge in [-0.2, -0.15) is 0 Å². The highest BCUT2D eigenvalue weighted by Gasteiger charge is 2.57. The number of hydrazine groups is 1. The number of aryl methyl sites for hydroxylation is 2. The second-order valence-corrected chi connectivity index (χ2v) is 6.03. The van der Waals surface area contributed by atoms with E-state index in [2.05, 4.69) is 42.9 Å².